The van der Waals surface area contributed by atoms with E-state index in [0.717, 1.165) is 0 Å². The van der Waals surface area contributed by atoms with Crippen LogP contribution in [-0.4, -0.2) is 52.6 Å². The van der Waals surface area contributed by atoms with E-state index < -0.39 is 17.3 Å². The second-order valence-electron chi connectivity index (χ2n) is 8.51. The first-order valence-corrected chi connectivity index (χ1v) is 8.79. The van der Waals surface area contributed by atoms with Crippen molar-refractivity contribution in [3.05, 3.63) is 11.8 Å². The van der Waals surface area contributed by atoms with Gasteiger partial charge in [0.15, 0.2) is 5.82 Å². The van der Waals surface area contributed by atoms with Crippen LogP contribution in [0.2, 0.25) is 0 Å². The van der Waals surface area contributed by atoms with Crippen LogP contribution in [0, 0.1) is 6.92 Å². The Hall–Kier alpha value is -2.25. The second-order valence-corrected chi connectivity index (χ2v) is 8.51. The summed E-state index contributed by atoms with van der Waals surface area (Å²) in [4.78, 5) is 28.1. The van der Waals surface area contributed by atoms with Crippen LogP contribution in [0.15, 0.2) is 10.6 Å². The van der Waals surface area contributed by atoms with Gasteiger partial charge in [-0.2, -0.15) is 0 Å². The molecule has 1 aliphatic rings. The van der Waals surface area contributed by atoms with Gasteiger partial charge in [0.2, 0.25) is 0 Å². The number of carbonyl (C=O) groups excluding carboxylic acids is 2. The summed E-state index contributed by atoms with van der Waals surface area (Å²) >= 11 is 0. The molecule has 0 N–H and O–H groups in total. The maximum atomic E-state index is 12.7. The summed E-state index contributed by atoms with van der Waals surface area (Å²) in [6.45, 7) is 13.5. The largest absolute Gasteiger partial charge is 0.444 e. The van der Waals surface area contributed by atoms with E-state index in [0.29, 0.717) is 31.1 Å². The number of rotatable bonds is 2. The third-order valence-electron chi connectivity index (χ3n) is 3.63. The maximum Gasteiger partial charge on any atom is 0.416 e. The minimum Gasteiger partial charge on any atom is -0.444 e. The van der Waals surface area contributed by atoms with Gasteiger partial charge in [0.1, 0.15) is 17.0 Å². The molecule has 8 nitrogen and oxygen atoms in total. The number of likely N-dealkylation sites (tertiary alicyclic amines) is 1. The molecule has 1 atom stereocenters. The lowest BCUT2D eigenvalue weighted by molar-refractivity contribution is 0.0287. The monoisotopic (exact) mass is 367 g/mol. The van der Waals surface area contributed by atoms with E-state index in [1.54, 1.807) is 38.7 Å². The van der Waals surface area contributed by atoms with Crippen LogP contribution in [0.1, 0.15) is 53.7 Å². The Morgan fingerprint density at radius 3 is 2.31 bits per heavy atom. The summed E-state index contributed by atoms with van der Waals surface area (Å²) in [5.41, 5.74) is -1.21. The minimum atomic E-state index is -0.641. The van der Waals surface area contributed by atoms with Crippen molar-refractivity contribution in [3.63, 3.8) is 0 Å². The van der Waals surface area contributed by atoms with Gasteiger partial charge in [-0.15, -0.1) is 0 Å². The quantitative estimate of drug-likeness (QED) is 0.792. The van der Waals surface area contributed by atoms with Gasteiger partial charge in [0.05, 0.1) is 6.04 Å². The van der Waals surface area contributed by atoms with Gasteiger partial charge in [-0.25, -0.2) is 9.59 Å². The predicted octanol–water partition coefficient (Wildman–Crippen LogP) is 3.73. The number of hydrogen-bond donors (Lipinski definition) is 0. The van der Waals surface area contributed by atoms with Crippen molar-refractivity contribution in [1.29, 1.82) is 0 Å². The van der Waals surface area contributed by atoms with Gasteiger partial charge >= 0.3 is 12.2 Å². The highest BCUT2D eigenvalue weighted by Gasteiger charge is 2.38. The van der Waals surface area contributed by atoms with Gasteiger partial charge in [-0.3, -0.25) is 4.90 Å². The smallest absolute Gasteiger partial charge is 0.416 e. The molecule has 26 heavy (non-hydrogen) atoms. The predicted molar refractivity (Wildman–Crippen MR) is 96.2 cm³/mol. The summed E-state index contributed by atoms with van der Waals surface area (Å²) in [5, 5.41) is 3.96. The van der Waals surface area contributed by atoms with Crippen LogP contribution in [0.4, 0.5) is 15.4 Å². The molecule has 0 aliphatic carbocycles. The maximum absolute atomic E-state index is 12.7. The molecular formula is C18H29N3O5. The average molecular weight is 367 g/mol. The number of carbonyl (C=O) groups is 2. The molecule has 1 fully saturated rings. The van der Waals surface area contributed by atoms with Gasteiger partial charge < -0.3 is 18.9 Å². The van der Waals surface area contributed by atoms with Gasteiger partial charge in [-0.05, 0) is 54.9 Å². The first kappa shape index (κ1) is 20.1. The van der Waals surface area contributed by atoms with Crippen molar-refractivity contribution in [3.8, 4) is 0 Å². The molecule has 0 spiro atoms. The highest BCUT2D eigenvalue weighted by Crippen LogP contribution is 2.26. The van der Waals surface area contributed by atoms with E-state index in [1.807, 2.05) is 20.8 Å². The second kappa shape index (κ2) is 7.17. The van der Waals surface area contributed by atoms with Crippen molar-refractivity contribution in [2.45, 2.75) is 72.1 Å². The fourth-order valence-electron chi connectivity index (χ4n) is 2.65. The topological polar surface area (TPSA) is 85.1 Å². The first-order chi connectivity index (χ1) is 11.9. The van der Waals surface area contributed by atoms with Gasteiger partial charge in [-0.1, -0.05) is 5.16 Å². The van der Waals surface area contributed by atoms with Crippen LogP contribution in [-0.2, 0) is 9.47 Å². The Bertz CT molecular complexity index is 657. The third kappa shape index (κ3) is 5.37. The third-order valence-corrected chi connectivity index (χ3v) is 3.63. The lowest BCUT2D eigenvalue weighted by Gasteiger charge is -2.30. The number of nitrogens with zero attached hydrogens (tertiary/aromatic N) is 3. The Kier molecular flexibility index (Phi) is 5.53. The Morgan fingerprint density at radius 1 is 1.19 bits per heavy atom. The SMILES string of the molecule is Cc1cc(N(C(=O)OC(C)(C)C)C2CCN(C(=O)OC(C)(C)C)C2)no1. The standard InChI is InChI=1S/C18H29N3O5/c1-12-10-14(19-26-12)21(16(23)25-18(5,6)7)13-8-9-20(11-13)15(22)24-17(2,3)4/h10,13H,8-9,11H2,1-7H3. The molecule has 2 amide bonds. The molecule has 146 valence electrons. The molecule has 1 aromatic heterocycles. The van der Waals surface area contributed by atoms with E-state index in [9.17, 15) is 9.59 Å². The molecule has 0 radical (unpaired) electrons. The molecule has 1 saturated heterocycles. The Balaban J connectivity index is 2.16. The zero-order chi connectivity index (χ0) is 19.7. The molecule has 1 unspecified atom stereocenters. The molecule has 2 heterocycles. The summed E-state index contributed by atoms with van der Waals surface area (Å²) in [5.74, 6) is 0.975. The summed E-state index contributed by atoms with van der Waals surface area (Å²) in [6.07, 6.45) is -0.299. The van der Waals surface area contributed by atoms with E-state index in [2.05, 4.69) is 5.16 Å². The summed E-state index contributed by atoms with van der Waals surface area (Å²) in [7, 11) is 0. The average Bonchev–Trinajstić information content (AvgIpc) is 3.05. The normalized spacial score (nSPS) is 18.0. The highest BCUT2D eigenvalue weighted by atomic mass is 16.6. The van der Waals surface area contributed by atoms with E-state index in [1.165, 1.54) is 4.90 Å². The van der Waals surface area contributed by atoms with Crippen molar-refractivity contribution >= 4 is 18.0 Å². The molecule has 1 aliphatic heterocycles. The number of amides is 2. The summed E-state index contributed by atoms with van der Waals surface area (Å²) < 4.78 is 16.1. The number of anilines is 1. The highest BCUT2D eigenvalue weighted by molar-refractivity contribution is 5.87. The fourth-order valence-corrected chi connectivity index (χ4v) is 2.65. The zero-order valence-electron chi connectivity index (χ0n) is 16.7. The van der Waals surface area contributed by atoms with Gasteiger partial charge in [0, 0.05) is 19.2 Å². The van der Waals surface area contributed by atoms with Gasteiger partial charge in [0.25, 0.3) is 0 Å². The van der Waals surface area contributed by atoms with Crippen molar-refractivity contribution in [2.24, 2.45) is 0 Å². The molecule has 2 rings (SSSR count). The number of hydrogen-bond acceptors (Lipinski definition) is 6. The van der Waals surface area contributed by atoms with Crippen LogP contribution in [0.5, 0.6) is 0 Å². The van der Waals surface area contributed by atoms with Crippen molar-refractivity contribution in [1.82, 2.24) is 10.1 Å². The molecule has 0 saturated carbocycles. The van der Waals surface area contributed by atoms with Crippen LogP contribution in [0.25, 0.3) is 0 Å². The lowest BCUT2D eigenvalue weighted by atomic mass is 10.2. The summed E-state index contributed by atoms with van der Waals surface area (Å²) in [6, 6.07) is 1.42. The van der Waals surface area contributed by atoms with Crippen molar-refractivity contribution < 1.29 is 23.6 Å². The van der Waals surface area contributed by atoms with Crippen LogP contribution in [0.3, 0.4) is 0 Å². The first-order valence-electron chi connectivity index (χ1n) is 8.79. The number of aromatic nitrogens is 1. The van der Waals surface area contributed by atoms with E-state index in [4.69, 9.17) is 14.0 Å². The molecule has 8 heteroatoms. The Labute approximate surface area is 154 Å². The number of ether oxygens (including phenoxy) is 2. The molecule has 0 bridgehead atoms. The van der Waals surface area contributed by atoms with E-state index >= 15 is 0 Å². The lowest BCUT2D eigenvalue weighted by Crippen LogP contribution is -2.46. The van der Waals surface area contributed by atoms with E-state index in [-0.39, 0.29) is 12.1 Å². The van der Waals surface area contributed by atoms with Crippen molar-refractivity contribution in [2.75, 3.05) is 18.0 Å². The molecule has 0 aromatic carbocycles. The fraction of sp³-hybridized carbons (Fsp3) is 0.722. The Morgan fingerprint density at radius 2 is 1.81 bits per heavy atom. The molecular weight excluding hydrogens is 338 g/mol. The van der Waals surface area contributed by atoms with Crippen LogP contribution < -0.4 is 4.90 Å². The number of aryl methyl sites for hydroxylation is 1. The molecule has 1 aromatic rings. The minimum absolute atomic E-state index is 0.262. The van der Waals surface area contributed by atoms with Crippen LogP contribution >= 0.6 is 0 Å². The zero-order valence-corrected chi connectivity index (χ0v) is 16.7.